The number of nitrogens with zero attached hydrogens (tertiary/aromatic N) is 5. The summed E-state index contributed by atoms with van der Waals surface area (Å²) in [6.45, 7) is 1.54. The third kappa shape index (κ3) is 3.08. The molecule has 0 bridgehead atoms. The van der Waals surface area contributed by atoms with E-state index < -0.39 is 41.0 Å². The van der Waals surface area contributed by atoms with Gasteiger partial charge in [0.2, 0.25) is 11.8 Å². The van der Waals surface area contributed by atoms with Gasteiger partial charge in [0.1, 0.15) is 17.3 Å². The maximum absolute atomic E-state index is 14.7. The normalized spacial score (nSPS) is 16.5. The summed E-state index contributed by atoms with van der Waals surface area (Å²) in [6.07, 6.45) is -4.51. The van der Waals surface area contributed by atoms with Crippen LogP contribution in [0.1, 0.15) is 28.4 Å². The molecule has 1 aliphatic rings. The highest BCUT2D eigenvalue weighted by molar-refractivity contribution is 5.58. The highest BCUT2D eigenvalue weighted by Crippen LogP contribution is 2.52. The van der Waals surface area contributed by atoms with Gasteiger partial charge in [-0.2, -0.15) is 42.1 Å². The molecule has 0 radical (unpaired) electrons. The zero-order chi connectivity index (χ0) is 23.4. The number of alkyl halides is 5. The van der Waals surface area contributed by atoms with Crippen LogP contribution in [-0.2, 0) is 13.0 Å². The van der Waals surface area contributed by atoms with E-state index in [1.807, 2.05) is 0 Å². The Bertz CT molecular complexity index is 1270. The predicted molar refractivity (Wildman–Crippen MR) is 101 cm³/mol. The number of aryl methyl sites for hydroxylation is 2. The van der Waals surface area contributed by atoms with Crippen LogP contribution < -0.4 is 10.5 Å². The fourth-order valence-corrected chi connectivity index (χ4v) is 3.66. The lowest BCUT2D eigenvalue weighted by atomic mass is 9.83. The van der Waals surface area contributed by atoms with E-state index in [1.54, 1.807) is 38.2 Å². The molecule has 3 aromatic rings. The molecule has 3 heterocycles. The first-order chi connectivity index (χ1) is 15.0. The van der Waals surface area contributed by atoms with Crippen LogP contribution in [0.2, 0.25) is 0 Å². The van der Waals surface area contributed by atoms with E-state index in [0.29, 0.717) is 5.69 Å². The number of fused-ring (bicyclic) bond motifs is 1. The minimum absolute atomic E-state index is 0.169. The Labute approximate surface area is 178 Å². The molecule has 0 amide bonds. The molecule has 2 N–H and O–H groups in total. The number of allylic oxidation sites excluding steroid dienone is 1. The molecule has 1 unspecified atom stereocenters. The van der Waals surface area contributed by atoms with Crippen LogP contribution in [0, 0.1) is 18.3 Å². The van der Waals surface area contributed by atoms with E-state index in [0.717, 1.165) is 4.68 Å². The first-order valence-electron chi connectivity index (χ1n) is 9.18. The quantitative estimate of drug-likeness (QED) is 0.613. The molecule has 2 aromatic heterocycles. The van der Waals surface area contributed by atoms with Crippen molar-refractivity contribution in [3.63, 3.8) is 0 Å². The summed E-state index contributed by atoms with van der Waals surface area (Å²) in [5, 5.41) is 17.4. The molecule has 32 heavy (non-hydrogen) atoms. The smallest absolute Gasteiger partial charge is 0.422 e. The van der Waals surface area contributed by atoms with Crippen molar-refractivity contribution in [3.8, 4) is 17.6 Å². The molecule has 0 spiro atoms. The second-order valence-corrected chi connectivity index (χ2v) is 7.16. The lowest BCUT2D eigenvalue weighted by Crippen LogP contribution is -2.36. The number of benzene rings is 1. The minimum atomic E-state index is -5.94. The highest BCUT2D eigenvalue weighted by Gasteiger charge is 2.63. The van der Waals surface area contributed by atoms with Crippen molar-refractivity contribution in [1.29, 1.82) is 5.26 Å². The second kappa shape index (κ2) is 7.08. The van der Waals surface area contributed by atoms with Gasteiger partial charge in [-0.3, -0.25) is 4.68 Å². The topological polar surface area (TPSA) is 94.7 Å². The average molecular weight is 450 g/mol. The lowest BCUT2D eigenvalue weighted by Gasteiger charge is -2.26. The summed E-state index contributed by atoms with van der Waals surface area (Å²) in [7, 11) is 1.55. The molecule has 4 rings (SSSR count). The van der Waals surface area contributed by atoms with Gasteiger partial charge in [-0.1, -0.05) is 18.2 Å². The Balaban J connectivity index is 2.11. The van der Waals surface area contributed by atoms with Crippen molar-refractivity contribution in [2.45, 2.75) is 24.9 Å². The van der Waals surface area contributed by atoms with Gasteiger partial charge < -0.3 is 10.5 Å². The molecular weight excluding hydrogens is 435 g/mol. The molecule has 7 nitrogen and oxygen atoms in total. The molecule has 0 aliphatic carbocycles. The molecule has 12 heteroatoms. The molecule has 0 saturated carbocycles. The monoisotopic (exact) mass is 450 g/mol. The first-order valence-corrected chi connectivity index (χ1v) is 9.18. The maximum Gasteiger partial charge on any atom is 0.459 e. The first kappa shape index (κ1) is 21.4. The number of para-hydroxylation sites is 1. The van der Waals surface area contributed by atoms with Gasteiger partial charge in [0.15, 0.2) is 0 Å². The zero-order valence-electron chi connectivity index (χ0n) is 16.7. The Morgan fingerprint density at radius 1 is 1.12 bits per heavy atom. The number of ether oxygens (including phenoxy) is 1. The Morgan fingerprint density at radius 3 is 2.31 bits per heavy atom. The third-order valence-electron chi connectivity index (χ3n) is 5.06. The van der Waals surface area contributed by atoms with E-state index in [-0.39, 0.29) is 16.8 Å². The van der Waals surface area contributed by atoms with Gasteiger partial charge in [-0.15, -0.1) is 0 Å². The molecule has 1 atom stereocenters. The molecule has 0 saturated heterocycles. The summed E-state index contributed by atoms with van der Waals surface area (Å²) in [4.78, 5) is 0. The molecule has 1 aliphatic heterocycles. The third-order valence-corrected chi connectivity index (χ3v) is 5.06. The van der Waals surface area contributed by atoms with Crippen LogP contribution in [0.25, 0.3) is 5.69 Å². The van der Waals surface area contributed by atoms with Crippen molar-refractivity contribution >= 4 is 0 Å². The van der Waals surface area contributed by atoms with E-state index in [1.165, 1.54) is 23.0 Å². The van der Waals surface area contributed by atoms with E-state index in [9.17, 15) is 27.2 Å². The van der Waals surface area contributed by atoms with Crippen LogP contribution in [-0.4, -0.2) is 25.7 Å². The van der Waals surface area contributed by atoms with E-state index >= 15 is 0 Å². The largest absolute Gasteiger partial charge is 0.459 e. The second-order valence-electron chi connectivity index (χ2n) is 7.16. The maximum atomic E-state index is 14.7. The average Bonchev–Trinajstić information content (AvgIpc) is 3.26. The Kier molecular flexibility index (Phi) is 4.73. The number of nitriles is 1. The summed E-state index contributed by atoms with van der Waals surface area (Å²) < 4.78 is 77.2. The van der Waals surface area contributed by atoms with Crippen LogP contribution in [0.3, 0.4) is 0 Å². The standard InChI is InChI=1S/C20H15F5N6O/c1-10-13(9-30(2)28-10)14-12(8-26)17(27)32-18-15(14)16(19(21,22)20(23,24)25)29-31(18)11-6-4-3-5-7-11/h3-7,9,14H,27H2,1-2H3. The molecule has 166 valence electrons. The summed E-state index contributed by atoms with van der Waals surface area (Å²) >= 11 is 0. The van der Waals surface area contributed by atoms with Crippen molar-refractivity contribution in [2.75, 3.05) is 0 Å². The summed E-state index contributed by atoms with van der Waals surface area (Å²) in [5.41, 5.74) is 4.12. The van der Waals surface area contributed by atoms with Gasteiger partial charge in [-0.05, 0) is 19.1 Å². The number of halogens is 5. The highest BCUT2D eigenvalue weighted by atomic mass is 19.4. The van der Waals surface area contributed by atoms with Gasteiger partial charge in [0.05, 0.1) is 22.9 Å². The number of nitrogens with two attached hydrogens (primary N) is 1. The lowest BCUT2D eigenvalue weighted by molar-refractivity contribution is -0.291. The Hall–Kier alpha value is -3.88. The van der Waals surface area contributed by atoms with Gasteiger partial charge in [0, 0.05) is 18.8 Å². The van der Waals surface area contributed by atoms with Crippen LogP contribution in [0.5, 0.6) is 5.88 Å². The van der Waals surface area contributed by atoms with Crippen LogP contribution >= 0.6 is 0 Å². The van der Waals surface area contributed by atoms with Gasteiger partial charge in [-0.25, -0.2) is 0 Å². The Morgan fingerprint density at radius 2 is 1.78 bits per heavy atom. The van der Waals surface area contributed by atoms with Gasteiger partial charge >= 0.3 is 12.1 Å². The molecular formula is C20H15F5N6O. The number of hydrogen-bond acceptors (Lipinski definition) is 5. The van der Waals surface area contributed by atoms with E-state index in [2.05, 4.69) is 10.2 Å². The van der Waals surface area contributed by atoms with Crippen molar-refractivity contribution in [1.82, 2.24) is 19.6 Å². The van der Waals surface area contributed by atoms with Crippen LogP contribution in [0.4, 0.5) is 22.0 Å². The van der Waals surface area contributed by atoms with Gasteiger partial charge in [0.25, 0.3) is 0 Å². The fraction of sp³-hybridized carbons (Fsp3) is 0.250. The van der Waals surface area contributed by atoms with Crippen LogP contribution in [0.15, 0.2) is 48.0 Å². The predicted octanol–water partition coefficient (Wildman–Crippen LogP) is 3.79. The number of aromatic nitrogens is 4. The minimum Gasteiger partial charge on any atom is -0.422 e. The SMILES string of the molecule is Cc1nn(C)cc1C1C(C#N)=C(N)Oc2c1c(C(F)(F)C(F)(F)F)nn2-c1ccccc1. The van der Waals surface area contributed by atoms with Crippen molar-refractivity contribution in [3.05, 3.63) is 70.5 Å². The summed E-state index contributed by atoms with van der Waals surface area (Å²) in [6, 6.07) is 9.42. The zero-order valence-corrected chi connectivity index (χ0v) is 16.7. The molecule has 1 aromatic carbocycles. The fourth-order valence-electron chi connectivity index (χ4n) is 3.66. The summed E-state index contributed by atoms with van der Waals surface area (Å²) in [5.74, 6) is -7.58. The number of hydrogen-bond donors (Lipinski definition) is 1. The number of rotatable bonds is 3. The molecule has 0 fully saturated rings. The van der Waals surface area contributed by atoms with Crippen molar-refractivity contribution < 1.29 is 26.7 Å². The van der Waals surface area contributed by atoms with E-state index in [4.69, 9.17) is 10.5 Å². The van der Waals surface area contributed by atoms with Crippen molar-refractivity contribution in [2.24, 2.45) is 12.8 Å².